The lowest BCUT2D eigenvalue weighted by molar-refractivity contribution is -0.0378. The van der Waals surface area contributed by atoms with Crippen LogP contribution in [-0.2, 0) is 9.16 Å². The molecule has 2 aromatic rings. The quantitative estimate of drug-likeness (QED) is 0.104. The first kappa shape index (κ1) is 31.7. The van der Waals surface area contributed by atoms with Gasteiger partial charge in [0.15, 0.2) is 25.1 Å². The Morgan fingerprint density at radius 1 is 1.20 bits per heavy atom. The molecule has 1 aromatic heterocycles. The van der Waals surface area contributed by atoms with E-state index in [1.54, 1.807) is 11.2 Å². The summed E-state index contributed by atoms with van der Waals surface area (Å²) in [7, 11) is -2.15. The number of nitrogens with zero attached hydrogens (tertiary/aromatic N) is 4. The second-order valence-electron chi connectivity index (χ2n) is 13.2. The number of carbonyl (C=O) groups excluding carboxylic acids is 1. The summed E-state index contributed by atoms with van der Waals surface area (Å²) in [5.74, 6) is -1.30. The molecule has 1 amide bonds. The average Bonchev–Trinajstić information content (AvgIpc) is 3.23. The van der Waals surface area contributed by atoms with E-state index in [0.29, 0.717) is 31.3 Å². The molecule has 0 N–H and O–H groups in total. The van der Waals surface area contributed by atoms with Crippen molar-refractivity contribution >= 4 is 70.4 Å². The Hall–Kier alpha value is -1.21. The highest BCUT2D eigenvalue weighted by atomic mass is 79.9. The third-order valence-corrected chi connectivity index (χ3v) is 14.7. The van der Waals surface area contributed by atoms with Gasteiger partial charge in [-0.15, -0.1) is 0 Å². The number of amides is 1. The number of halogens is 4. The molecule has 222 valence electrons. The number of carbonyl (C=O) groups is 1. The summed E-state index contributed by atoms with van der Waals surface area (Å²) in [6, 6.07) is -0.253. The van der Waals surface area contributed by atoms with Crippen LogP contribution in [0.1, 0.15) is 54.4 Å². The topological polar surface area (TPSA) is 67.8 Å². The molecule has 2 fully saturated rings. The largest absolute Gasteiger partial charge is 0.444 e. The molecule has 1 aromatic carbocycles. The smallest absolute Gasteiger partial charge is 0.410 e. The van der Waals surface area contributed by atoms with Gasteiger partial charge in [0.25, 0.3) is 0 Å². The van der Waals surface area contributed by atoms with Crippen LogP contribution >= 0.6 is 39.3 Å². The molecule has 7 nitrogen and oxygen atoms in total. The third-order valence-electron chi connectivity index (χ3n) is 8.28. The van der Waals surface area contributed by atoms with Crippen LogP contribution in [0.25, 0.3) is 10.9 Å². The van der Waals surface area contributed by atoms with Gasteiger partial charge in [0, 0.05) is 13.1 Å². The minimum atomic E-state index is -2.15. The van der Waals surface area contributed by atoms with Crippen LogP contribution in [0.5, 0.6) is 0 Å². The number of benzene rings is 1. The molecule has 2 atom stereocenters. The molecule has 0 saturated carbocycles. The number of hydrogen-bond donors (Lipinski definition) is 0. The average molecular weight is 680 g/mol. The zero-order valence-corrected chi connectivity index (χ0v) is 28.7. The molecular weight excluding hydrogens is 642 g/mol. The van der Waals surface area contributed by atoms with Crippen LogP contribution in [-0.4, -0.2) is 72.4 Å². The molecule has 0 bridgehead atoms. The number of ether oxygens (including phenoxy) is 1. The van der Waals surface area contributed by atoms with E-state index < -0.39 is 31.1 Å². The van der Waals surface area contributed by atoms with E-state index in [4.69, 9.17) is 20.8 Å². The van der Waals surface area contributed by atoms with Gasteiger partial charge in [-0.05, 0) is 73.9 Å². The molecule has 3 heterocycles. The number of anilines is 1. The van der Waals surface area contributed by atoms with E-state index in [0.717, 1.165) is 6.42 Å². The lowest BCUT2D eigenvalue weighted by Crippen LogP contribution is -2.64. The second-order valence-corrected chi connectivity index (χ2v) is 19.9. The van der Waals surface area contributed by atoms with Gasteiger partial charge in [-0.3, -0.25) is 0 Å². The Morgan fingerprint density at radius 3 is 2.38 bits per heavy atom. The maximum atomic E-state index is 15.8. The fraction of sp³-hybridized carbons (Fsp3) is 0.667. The Balaban J connectivity index is 1.83. The standard InChI is InChI=1S/C27H38BrClF2N4O3SSi/c1-25(2,3)38-24(36)35-11-10-27(35)12-15(13-37-40(8,9)26(4,5)6)34(14-27)22-16-19(30)18(29)17(28)20(31)21(16)32-23(33-22)39-7/h15H,10-14H2,1-9H3. The van der Waals surface area contributed by atoms with E-state index in [1.807, 2.05) is 25.7 Å². The Morgan fingerprint density at radius 2 is 1.85 bits per heavy atom. The summed E-state index contributed by atoms with van der Waals surface area (Å²) in [4.78, 5) is 25.9. The highest BCUT2D eigenvalue weighted by Gasteiger charge is 2.57. The van der Waals surface area contributed by atoms with Gasteiger partial charge in [0.2, 0.25) is 0 Å². The van der Waals surface area contributed by atoms with Crippen LogP contribution in [0.4, 0.5) is 19.4 Å². The number of likely N-dealkylation sites (tertiary alicyclic amines) is 1. The lowest BCUT2D eigenvalue weighted by Gasteiger charge is -2.50. The summed E-state index contributed by atoms with van der Waals surface area (Å²) >= 11 is 10.5. The molecule has 2 aliphatic heterocycles. The first-order valence-corrected chi connectivity index (χ1v) is 18.6. The monoisotopic (exact) mass is 678 g/mol. The first-order chi connectivity index (χ1) is 18.3. The number of thioether (sulfide) groups is 1. The minimum absolute atomic E-state index is 0.0180. The predicted molar refractivity (Wildman–Crippen MR) is 163 cm³/mol. The normalized spacial score (nSPS) is 21.9. The molecule has 4 rings (SSSR count). The van der Waals surface area contributed by atoms with Gasteiger partial charge in [-0.25, -0.2) is 23.5 Å². The summed E-state index contributed by atoms with van der Waals surface area (Å²) in [6.07, 6.45) is 2.73. The number of aromatic nitrogens is 2. The van der Waals surface area contributed by atoms with Gasteiger partial charge in [0.05, 0.1) is 33.1 Å². The zero-order valence-electron chi connectivity index (χ0n) is 24.5. The van der Waals surface area contributed by atoms with E-state index in [9.17, 15) is 4.79 Å². The summed E-state index contributed by atoms with van der Waals surface area (Å²) < 4.78 is 43.4. The first-order valence-electron chi connectivity index (χ1n) is 13.3. The van der Waals surface area contributed by atoms with Crippen molar-refractivity contribution in [1.82, 2.24) is 14.9 Å². The Labute approximate surface area is 254 Å². The van der Waals surface area contributed by atoms with E-state index >= 15 is 8.78 Å². The van der Waals surface area contributed by atoms with Crippen molar-refractivity contribution in [3.63, 3.8) is 0 Å². The van der Waals surface area contributed by atoms with Crippen LogP contribution < -0.4 is 4.90 Å². The molecular formula is C27H38BrClF2N4O3SSi. The molecule has 2 saturated heterocycles. The molecule has 2 unspecified atom stereocenters. The van der Waals surface area contributed by atoms with Crippen molar-refractivity contribution in [2.24, 2.45) is 0 Å². The maximum Gasteiger partial charge on any atom is 0.410 e. The van der Waals surface area contributed by atoms with Crippen LogP contribution in [0.15, 0.2) is 9.63 Å². The second kappa shape index (κ2) is 10.8. The SMILES string of the molecule is CSc1nc(N2CC3(CCN3C(=O)OC(C)(C)C)CC2CO[Si](C)(C)C(C)(C)C)c2c(F)c(Cl)c(Br)c(F)c2n1. The van der Waals surface area contributed by atoms with Crippen molar-refractivity contribution in [2.75, 3.05) is 30.9 Å². The molecule has 0 aliphatic carbocycles. The third kappa shape index (κ3) is 5.72. The molecule has 0 radical (unpaired) electrons. The van der Waals surface area contributed by atoms with E-state index in [2.05, 4.69) is 59.8 Å². The summed E-state index contributed by atoms with van der Waals surface area (Å²) in [5, 5.41) is -0.164. The Kier molecular flexibility index (Phi) is 8.57. The highest BCUT2D eigenvalue weighted by molar-refractivity contribution is 9.10. The highest BCUT2D eigenvalue weighted by Crippen LogP contribution is 2.48. The van der Waals surface area contributed by atoms with Crippen LogP contribution in [0, 0.1) is 11.6 Å². The number of rotatable bonds is 5. The summed E-state index contributed by atoms with van der Waals surface area (Å²) in [6.45, 7) is 17.7. The molecule has 13 heteroatoms. The van der Waals surface area contributed by atoms with Crippen molar-refractivity contribution < 1.29 is 22.7 Å². The molecule has 2 aliphatic rings. The molecule has 1 spiro atoms. The van der Waals surface area contributed by atoms with Crippen molar-refractivity contribution in [1.29, 1.82) is 0 Å². The fourth-order valence-electron chi connectivity index (χ4n) is 4.99. The summed E-state index contributed by atoms with van der Waals surface area (Å²) in [5.41, 5.74) is -1.34. The van der Waals surface area contributed by atoms with Gasteiger partial charge in [-0.1, -0.05) is 44.1 Å². The fourth-order valence-corrected chi connectivity index (χ4v) is 6.93. The van der Waals surface area contributed by atoms with Crippen molar-refractivity contribution in [3.8, 4) is 0 Å². The van der Waals surface area contributed by atoms with Gasteiger partial charge in [0.1, 0.15) is 16.9 Å². The van der Waals surface area contributed by atoms with Gasteiger partial charge < -0.3 is 19.0 Å². The Bertz CT molecular complexity index is 1340. The molecule has 40 heavy (non-hydrogen) atoms. The van der Waals surface area contributed by atoms with E-state index in [1.165, 1.54) is 11.8 Å². The van der Waals surface area contributed by atoms with E-state index in [-0.39, 0.29) is 43.4 Å². The number of hydrogen-bond acceptors (Lipinski definition) is 7. The maximum absolute atomic E-state index is 15.8. The number of fused-ring (bicyclic) bond motifs is 1. The van der Waals surface area contributed by atoms with Gasteiger partial charge >= 0.3 is 6.09 Å². The minimum Gasteiger partial charge on any atom is -0.444 e. The van der Waals surface area contributed by atoms with Crippen molar-refractivity contribution in [3.05, 3.63) is 21.1 Å². The van der Waals surface area contributed by atoms with Crippen LogP contribution in [0.2, 0.25) is 23.2 Å². The predicted octanol–water partition coefficient (Wildman–Crippen LogP) is 8.03. The zero-order chi connectivity index (χ0) is 30.0. The van der Waals surface area contributed by atoms with Crippen LogP contribution in [0.3, 0.4) is 0 Å². The van der Waals surface area contributed by atoms with Crippen molar-refractivity contribution in [2.45, 2.75) is 94.9 Å². The van der Waals surface area contributed by atoms with Gasteiger partial charge in [-0.2, -0.15) is 0 Å². The lowest BCUT2D eigenvalue weighted by atomic mass is 9.83.